The highest BCUT2D eigenvalue weighted by molar-refractivity contribution is 5.76. The molecule has 5 nitrogen and oxygen atoms in total. The second-order valence-electron chi connectivity index (χ2n) is 6.70. The lowest BCUT2D eigenvalue weighted by molar-refractivity contribution is -0.121. The van der Waals surface area contributed by atoms with E-state index < -0.39 is 0 Å². The number of hydrogen-bond donors (Lipinski definition) is 1. The third-order valence-electron chi connectivity index (χ3n) is 4.75. The van der Waals surface area contributed by atoms with Crippen molar-refractivity contribution in [3.05, 3.63) is 46.5 Å². The summed E-state index contributed by atoms with van der Waals surface area (Å²) in [5.74, 6) is 2.01. The second kappa shape index (κ2) is 7.60. The first-order valence-corrected chi connectivity index (χ1v) is 8.87. The molecular formula is C19H26N4O. The molecule has 1 N–H and O–H groups in total. The van der Waals surface area contributed by atoms with Crippen molar-refractivity contribution < 1.29 is 4.79 Å². The average Bonchev–Trinajstić information content (AvgIpc) is 2.78. The highest BCUT2D eigenvalue weighted by Gasteiger charge is 2.15. The summed E-state index contributed by atoms with van der Waals surface area (Å²) < 4.78 is 2.18. The summed E-state index contributed by atoms with van der Waals surface area (Å²) in [6.45, 7) is 5.63. The Labute approximate surface area is 143 Å². The summed E-state index contributed by atoms with van der Waals surface area (Å²) >= 11 is 0. The van der Waals surface area contributed by atoms with E-state index in [-0.39, 0.29) is 5.91 Å². The van der Waals surface area contributed by atoms with E-state index in [0.29, 0.717) is 13.0 Å². The number of aryl methyl sites for hydroxylation is 4. The first-order valence-electron chi connectivity index (χ1n) is 8.87. The minimum Gasteiger partial charge on any atom is -0.349 e. The third kappa shape index (κ3) is 4.02. The van der Waals surface area contributed by atoms with Crippen LogP contribution < -0.4 is 5.32 Å². The Morgan fingerprint density at radius 1 is 1.21 bits per heavy atom. The molecule has 1 aliphatic rings. The lowest BCUT2D eigenvalue weighted by Gasteiger charge is -2.09. The Morgan fingerprint density at radius 3 is 2.92 bits per heavy atom. The topological polar surface area (TPSA) is 59.8 Å². The molecule has 1 amide bonds. The number of hydrogen-bond acceptors (Lipinski definition) is 3. The lowest BCUT2D eigenvalue weighted by Crippen LogP contribution is -2.25. The molecule has 3 rings (SSSR count). The van der Waals surface area contributed by atoms with Crippen LogP contribution in [-0.4, -0.2) is 20.7 Å². The Kier molecular flexibility index (Phi) is 5.28. The quantitative estimate of drug-likeness (QED) is 0.919. The number of aromatic nitrogens is 3. The van der Waals surface area contributed by atoms with Crippen molar-refractivity contribution in [2.24, 2.45) is 0 Å². The molecule has 24 heavy (non-hydrogen) atoms. The van der Waals surface area contributed by atoms with Gasteiger partial charge >= 0.3 is 0 Å². The van der Waals surface area contributed by atoms with Gasteiger partial charge in [-0.3, -0.25) is 4.79 Å². The molecule has 0 atom stereocenters. The van der Waals surface area contributed by atoms with Crippen LogP contribution in [0.1, 0.15) is 54.0 Å². The minimum atomic E-state index is 0.0703. The smallest absolute Gasteiger partial charge is 0.220 e. The van der Waals surface area contributed by atoms with Gasteiger partial charge in [0, 0.05) is 19.4 Å². The predicted octanol–water partition coefficient (Wildman–Crippen LogP) is 2.87. The Bertz CT molecular complexity index is 720. The van der Waals surface area contributed by atoms with Crippen molar-refractivity contribution in [3.63, 3.8) is 0 Å². The zero-order valence-electron chi connectivity index (χ0n) is 14.6. The van der Waals surface area contributed by atoms with Crippen molar-refractivity contribution in [1.82, 2.24) is 20.1 Å². The van der Waals surface area contributed by atoms with Crippen LogP contribution >= 0.6 is 0 Å². The van der Waals surface area contributed by atoms with Crippen LogP contribution in [0.3, 0.4) is 0 Å². The average molecular weight is 326 g/mol. The van der Waals surface area contributed by atoms with Crippen molar-refractivity contribution in [1.29, 1.82) is 0 Å². The number of carbonyl (C=O) groups is 1. The third-order valence-corrected chi connectivity index (χ3v) is 4.75. The van der Waals surface area contributed by atoms with Crippen LogP contribution in [0.4, 0.5) is 0 Å². The van der Waals surface area contributed by atoms with Crippen LogP contribution in [0.25, 0.3) is 0 Å². The van der Waals surface area contributed by atoms with Gasteiger partial charge in [0.25, 0.3) is 0 Å². The summed E-state index contributed by atoms with van der Waals surface area (Å²) in [5.41, 5.74) is 3.76. The molecule has 0 unspecified atom stereocenters. The molecule has 0 saturated heterocycles. The van der Waals surface area contributed by atoms with Crippen LogP contribution in [-0.2, 0) is 30.7 Å². The number of nitrogens with zero attached hydrogens (tertiary/aromatic N) is 3. The van der Waals surface area contributed by atoms with Gasteiger partial charge in [-0.25, -0.2) is 0 Å². The fraction of sp³-hybridized carbons (Fsp3) is 0.526. The van der Waals surface area contributed by atoms with Gasteiger partial charge in [0.1, 0.15) is 5.82 Å². The van der Waals surface area contributed by atoms with E-state index in [1.54, 1.807) is 0 Å². The van der Waals surface area contributed by atoms with Gasteiger partial charge in [-0.1, -0.05) is 30.2 Å². The summed E-state index contributed by atoms with van der Waals surface area (Å²) in [7, 11) is 0. The molecule has 0 spiro atoms. The van der Waals surface area contributed by atoms with E-state index >= 15 is 0 Å². The lowest BCUT2D eigenvalue weighted by atomic mass is 10.0. The number of rotatable bonds is 5. The molecular weight excluding hydrogens is 300 g/mol. The van der Waals surface area contributed by atoms with Gasteiger partial charge < -0.3 is 9.88 Å². The van der Waals surface area contributed by atoms with E-state index in [2.05, 4.69) is 52.1 Å². The van der Waals surface area contributed by atoms with Crippen LogP contribution in [0.5, 0.6) is 0 Å². The van der Waals surface area contributed by atoms with E-state index in [0.717, 1.165) is 31.0 Å². The molecule has 5 heteroatoms. The van der Waals surface area contributed by atoms with Gasteiger partial charge in [0.05, 0.1) is 6.54 Å². The van der Waals surface area contributed by atoms with Crippen LogP contribution in [0.2, 0.25) is 0 Å². The molecule has 0 fully saturated rings. The van der Waals surface area contributed by atoms with E-state index in [4.69, 9.17) is 0 Å². The van der Waals surface area contributed by atoms with Gasteiger partial charge in [-0.2, -0.15) is 0 Å². The largest absolute Gasteiger partial charge is 0.349 e. The first-order chi connectivity index (χ1) is 11.6. The zero-order valence-corrected chi connectivity index (χ0v) is 14.6. The number of benzene rings is 1. The van der Waals surface area contributed by atoms with Gasteiger partial charge in [0.15, 0.2) is 5.82 Å². The maximum Gasteiger partial charge on any atom is 0.220 e. The summed E-state index contributed by atoms with van der Waals surface area (Å²) in [6.07, 6.45) is 5.86. The molecule has 0 radical (unpaired) electrons. The van der Waals surface area contributed by atoms with Crippen molar-refractivity contribution in [2.75, 3.05) is 0 Å². The van der Waals surface area contributed by atoms with E-state index in [9.17, 15) is 4.79 Å². The second-order valence-corrected chi connectivity index (χ2v) is 6.70. The van der Waals surface area contributed by atoms with E-state index in [1.165, 1.54) is 36.0 Å². The monoisotopic (exact) mass is 326 g/mol. The predicted molar refractivity (Wildman–Crippen MR) is 93.7 cm³/mol. The molecule has 1 aromatic heterocycles. The maximum absolute atomic E-state index is 12.2. The molecule has 1 aromatic carbocycles. The Balaban J connectivity index is 1.52. The number of carbonyl (C=O) groups excluding carboxylic acids is 1. The molecule has 0 bridgehead atoms. The van der Waals surface area contributed by atoms with Gasteiger partial charge in [-0.05, 0) is 44.2 Å². The van der Waals surface area contributed by atoms with Crippen LogP contribution in [0, 0.1) is 13.8 Å². The summed E-state index contributed by atoms with van der Waals surface area (Å²) in [6, 6.07) is 6.39. The van der Waals surface area contributed by atoms with Crippen molar-refractivity contribution in [3.8, 4) is 0 Å². The SMILES string of the molecule is Cc1ccc(CCC(=O)NCc2nnc3n2CCCCC3)c(C)c1. The van der Waals surface area contributed by atoms with Gasteiger partial charge in [-0.15, -0.1) is 10.2 Å². The highest BCUT2D eigenvalue weighted by Crippen LogP contribution is 2.15. The molecule has 0 aliphatic carbocycles. The fourth-order valence-electron chi connectivity index (χ4n) is 3.32. The van der Waals surface area contributed by atoms with Crippen LogP contribution in [0.15, 0.2) is 18.2 Å². The molecule has 128 valence electrons. The highest BCUT2D eigenvalue weighted by atomic mass is 16.1. The Hall–Kier alpha value is -2.17. The fourth-order valence-corrected chi connectivity index (χ4v) is 3.32. The normalized spacial score (nSPS) is 14.1. The van der Waals surface area contributed by atoms with Crippen molar-refractivity contribution >= 4 is 5.91 Å². The molecule has 2 heterocycles. The molecule has 2 aromatic rings. The summed E-state index contributed by atoms with van der Waals surface area (Å²) in [4.78, 5) is 12.2. The van der Waals surface area contributed by atoms with Gasteiger partial charge in [0.2, 0.25) is 5.91 Å². The summed E-state index contributed by atoms with van der Waals surface area (Å²) in [5, 5.41) is 11.5. The Morgan fingerprint density at radius 2 is 2.08 bits per heavy atom. The molecule has 1 aliphatic heterocycles. The van der Waals surface area contributed by atoms with Crippen molar-refractivity contribution in [2.45, 2.75) is 65.5 Å². The minimum absolute atomic E-state index is 0.0703. The maximum atomic E-state index is 12.2. The number of fused-ring (bicyclic) bond motifs is 1. The molecule has 0 saturated carbocycles. The number of nitrogens with one attached hydrogen (secondary N) is 1. The standard InChI is InChI=1S/C19H26N4O/c1-14-7-8-16(15(2)12-14)9-10-19(24)20-13-18-22-21-17-6-4-3-5-11-23(17)18/h7-8,12H,3-6,9-11,13H2,1-2H3,(H,20,24). The number of amides is 1. The first kappa shape index (κ1) is 16.7. The van der Waals surface area contributed by atoms with E-state index in [1.807, 2.05) is 0 Å². The zero-order chi connectivity index (χ0) is 16.9.